The summed E-state index contributed by atoms with van der Waals surface area (Å²) in [5.74, 6) is 0.179. The van der Waals surface area contributed by atoms with Crippen molar-refractivity contribution in [3.63, 3.8) is 0 Å². The minimum atomic E-state index is 0.179. The summed E-state index contributed by atoms with van der Waals surface area (Å²) in [4.78, 5) is 18.4. The number of amides is 1. The highest BCUT2D eigenvalue weighted by atomic mass is 35.5. The van der Waals surface area contributed by atoms with Crippen LogP contribution in [0, 0.1) is 13.8 Å². The van der Waals surface area contributed by atoms with Crippen LogP contribution in [0.25, 0.3) is 0 Å². The second-order valence-corrected chi connectivity index (χ2v) is 7.77. The number of halogens is 1. The van der Waals surface area contributed by atoms with Crippen molar-refractivity contribution < 1.29 is 4.79 Å². The largest absolute Gasteiger partial charge is 0.368 e. The number of nitrogens with zero attached hydrogens (tertiary/aromatic N) is 2. The molecule has 0 saturated carbocycles. The van der Waals surface area contributed by atoms with Gasteiger partial charge in [0.1, 0.15) is 0 Å². The van der Waals surface area contributed by atoms with Crippen molar-refractivity contribution in [2.75, 3.05) is 31.1 Å². The van der Waals surface area contributed by atoms with Gasteiger partial charge in [-0.1, -0.05) is 24.6 Å². The first-order valence-corrected chi connectivity index (χ1v) is 9.64. The Balaban J connectivity index is 1.70. The van der Waals surface area contributed by atoms with Crippen molar-refractivity contribution in [2.24, 2.45) is 0 Å². The Morgan fingerprint density at radius 2 is 1.92 bits per heavy atom. The molecular formula is C19H23ClN2OS. The van der Waals surface area contributed by atoms with Crippen molar-refractivity contribution in [3.05, 3.63) is 50.2 Å². The maximum absolute atomic E-state index is 12.8. The number of hydrogen-bond acceptors (Lipinski definition) is 3. The van der Waals surface area contributed by atoms with E-state index in [1.165, 1.54) is 21.7 Å². The van der Waals surface area contributed by atoms with Crippen LogP contribution in [0.2, 0.25) is 5.02 Å². The molecule has 2 heterocycles. The first-order chi connectivity index (χ1) is 11.5. The third kappa shape index (κ3) is 3.31. The maximum Gasteiger partial charge on any atom is 0.255 e. The molecule has 0 spiro atoms. The predicted molar refractivity (Wildman–Crippen MR) is 103 cm³/mol. The van der Waals surface area contributed by atoms with E-state index in [0.29, 0.717) is 0 Å². The van der Waals surface area contributed by atoms with E-state index in [0.717, 1.165) is 43.2 Å². The Bertz CT molecular complexity index is 748. The number of benzene rings is 1. The molecule has 1 fully saturated rings. The van der Waals surface area contributed by atoms with Gasteiger partial charge in [-0.15, -0.1) is 11.3 Å². The predicted octanol–water partition coefficient (Wildman–Crippen LogP) is 4.54. The second-order valence-electron chi connectivity index (χ2n) is 6.25. The average Bonchev–Trinajstić information content (AvgIpc) is 2.97. The molecular weight excluding hydrogens is 340 g/mol. The summed E-state index contributed by atoms with van der Waals surface area (Å²) in [7, 11) is 0. The topological polar surface area (TPSA) is 23.6 Å². The van der Waals surface area contributed by atoms with Crippen LogP contribution >= 0.6 is 22.9 Å². The fourth-order valence-corrected chi connectivity index (χ4v) is 4.44. The highest BCUT2D eigenvalue weighted by molar-refractivity contribution is 7.10. The first kappa shape index (κ1) is 17.3. The molecule has 5 heteroatoms. The van der Waals surface area contributed by atoms with Crippen LogP contribution in [0.1, 0.15) is 33.3 Å². The number of aryl methyl sites for hydroxylation is 2. The maximum atomic E-state index is 12.8. The van der Waals surface area contributed by atoms with Gasteiger partial charge in [0.15, 0.2) is 0 Å². The van der Waals surface area contributed by atoms with Gasteiger partial charge in [-0.2, -0.15) is 0 Å². The van der Waals surface area contributed by atoms with Crippen LogP contribution in [0.15, 0.2) is 23.6 Å². The molecule has 0 unspecified atom stereocenters. The van der Waals surface area contributed by atoms with Gasteiger partial charge in [0.05, 0.1) is 5.56 Å². The molecule has 128 valence electrons. The lowest BCUT2D eigenvalue weighted by molar-refractivity contribution is 0.0746. The van der Waals surface area contributed by atoms with Gasteiger partial charge < -0.3 is 9.80 Å². The zero-order valence-corrected chi connectivity index (χ0v) is 16.0. The normalized spacial score (nSPS) is 15.0. The number of carbonyl (C=O) groups is 1. The van der Waals surface area contributed by atoms with E-state index in [4.69, 9.17) is 11.6 Å². The second kappa shape index (κ2) is 7.16. The zero-order chi connectivity index (χ0) is 17.3. The van der Waals surface area contributed by atoms with E-state index >= 15 is 0 Å². The summed E-state index contributed by atoms with van der Waals surface area (Å²) in [5.41, 5.74) is 4.50. The Kier molecular flexibility index (Phi) is 5.16. The van der Waals surface area contributed by atoms with Crippen LogP contribution in [-0.2, 0) is 6.42 Å². The monoisotopic (exact) mass is 362 g/mol. The molecule has 1 aromatic heterocycles. The van der Waals surface area contributed by atoms with E-state index in [9.17, 15) is 4.79 Å². The number of thiophene rings is 1. The number of hydrogen-bond donors (Lipinski definition) is 0. The molecule has 0 N–H and O–H groups in total. The molecule has 1 amide bonds. The van der Waals surface area contributed by atoms with Gasteiger partial charge in [-0.25, -0.2) is 0 Å². The summed E-state index contributed by atoms with van der Waals surface area (Å²) in [6.07, 6.45) is 0.915. The Morgan fingerprint density at radius 1 is 1.21 bits per heavy atom. The molecule has 1 saturated heterocycles. The van der Waals surface area contributed by atoms with Crippen molar-refractivity contribution in [1.82, 2.24) is 4.90 Å². The number of carbonyl (C=O) groups excluding carboxylic acids is 1. The summed E-state index contributed by atoms with van der Waals surface area (Å²) >= 11 is 7.82. The molecule has 24 heavy (non-hydrogen) atoms. The van der Waals surface area contributed by atoms with E-state index in [1.54, 1.807) is 11.3 Å². The quantitative estimate of drug-likeness (QED) is 0.800. The summed E-state index contributed by atoms with van der Waals surface area (Å²) in [6.45, 7) is 9.51. The highest BCUT2D eigenvalue weighted by Gasteiger charge is 2.25. The molecule has 3 rings (SSSR count). The molecule has 3 nitrogen and oxygen atoms in total. The number of rotatable bonds is 3. The summed E-state index contributed by atoms with van der Waals surface area (Å²) in [6, 6.07) is 5.99. The van der Waals surface area contributed by atoms with Crippen molar-refractivity contribution >= 4 is 34.5 Å². The SMILES string of the molecule is CCc1c(C(=O)N2CCN(c3cc(Cl)ccc3C)CC2)csc1C. The van der Waals surface area contributed by atoms with Gasteiger partial charge in [0.25, 0.3) is 5.91 Å². The van der Waals surface area contributed by atoms with E-state index < -0.39 is 0 Å². The molecule has 0 aliphatic carbocycles. The molecule has 1 aromatic carbocycles. The smallest absolute Gasteiger partial charge is 0.255 e. The Morgan fingerprint density at radius 3 is 2.58 bits per heavy atom. The first-order valence-electron chi connectivity index (χ1n) is 8.38. The van der Waals surface area contributed by atoms with Gasteiger partial charge in [-0.05, 0) is 43.5 Å². The minimum absolute atomic E-state index is 0.179. The number of anilines is 1. The van der Waals surface area contributed by atoms with Gasteiger partial charge in [0, 0.05) is 47.1 Å². The number of piperazine rings is 1. The summed E-state index contributed by atoms with van der Waals surface area (Å²) < 4.78 is 0. The van der Waals surface area contributed by atoms with Crippen LogP contribution in [-0.4, -0.2) is 37.0 Å². The van der Waals surface area contributed by atoms with Crippen LogP contribution in [0.4, 0.5) is 5.69 Å². The highest BCUT2D eigenvalue weighted by Crippen LogP contribution is 2.27. The zero-order valence-electron chi connectivity index (χ0n) is 14.4. The Hall–Kier alpha value is -1.52. The lowest BCUT2D eigenvalue weighted by Gasteiger charge is -2.37. The van der Waals surface area contributed by atoms with Crippen LogP contribution in [0.3, 0.4) is 0 Å². The molecule has 0 radical (unpaired) electrons. The molecule has 0 atom stereocenters. The van der Waals surface area contributed by atoms with E-state index in [2.05, 4.69) is 31.7 Å². The standard InChI is InChI=1S/C19H23ClN2OS/c1-4-16-14(3)24-12-17(16)19(23)22-9-7-21(8-10-22)18-11-15(20)6-5-13(18)2/h5-6,11-12H,4,7-10H2,1-3H3. The van der Waals surface area contributed by atoms with Gasteiger partial charge in [-0.3, -0.25) is 4.79 Å². The van der Waals surface area contributed by atoms with Crippen LogP contribution < -0.4 is 4.90 Å². The third-order valence-corrected chi connectivity index (χ3v) is 5.95. The molecule has 1 aliphatic rings. The van der Waals surface area contributed by atoms with E-state index in [1.807, 2.05) is 22.4 Å². The average molecular weight is 363 g/mol. The molecule has 1 aliphatic heterocycles. The van der Waals surface area contributed by atoms with Gasteiger partial charge in [0.2, 0.25) is 0 Å². The lowest BCUT2D eigenvalue weighted by atomic mass is 10.1. The molecule has 0 bridgehead atoms. The third-order valence-electron chi connectivity index (χ3n) is 4.77. The van der Waals surface area contributed by atoms with Crippen molar-refractivity contribution in [2.45, 2.75) is 27.2 Å². The van der Waals surface area contributed by atoms with E-state index in [-0.39, 0.29) is 5.91 Å². The fourth-order valence-electron chi connectivity index (χ4n) is 3.34. The Labute approximate surface area is 152 Å². The van der Waals surface area contributed by atoms with Crippen molar-refractivity contribution in [3.8, 4) is 0 Å². The minimum Gasteiger partial charge on any atom is -0.368 e. The van der Waals surface area contributed by atoms with Crippen molar-refractivity contribution in [1.29, 1.82) is 0 Å². The summed E-state index contributed by atoms with van der Waals surface area (Å²) in [5, 5.41) is 2.78. The fraction of sp³-hybridized carbons (Fsp3) is 0.421. The van der Waals surface area contributed by atoms with Crippen LogP contribution in [0.5, 0.6) is 0 Å². The lowest BCUT2D eigenvalue weighted by Crippen LogP contribution is -2.49. The molecule has 2 aromatic rings. The van der Waals surface area contributed by atoms with Gasteiger partial charge >= 0.3 is 0 Å².